The topological polar surface area (TPSA) is 84.2 Å². The molecule has 0 atom stereocenters. The molecule has 0 bridgehead atoms. The number of nitrogens with one attached hydrogen (secondary N) is 1. The molecular formula is C18H23N3O3. The fraction of sp³-hybridized carbons (Fsp3) is 0.389. The Morgan fingerprint density at radius 3 is 2.62 bits per heavy atom. The van der Waals surface area contributed by atoms with Gasteiger partial charge in [-0.1, -0.05) is 29.8 Å². The molecule has 6 nitrogen and oxygen atoms in total. The van der Waals surface area contributed by atoms with E-state index in [-0.39, 0.29) is 18.7 Å². The molecule has 6 heteroatoms. The lowest BCUT2D eigenvalue weighted by Crippen LogP contribution is -2.13. The Labute approximate surface area is 141 Å². The van der Waals surface area contributed by atoms with Crippen LogP contribution in [0, 0.1) is 20.8 Å². The third-order valence-electron chi connectivity index (χ3n) is 3.86. The van der Waals surface area contributed by atoms with Crippen LogP contribution in [0.2, 0.25) is 0 Å². The molecule has 0 saturated carbocycles. The molecule has 1 aromatic carbocycles. The number of amides is 1. The van der Waals surface area contributed by atoms with Crippen molar-refractivity contribution in [3.05, 3.63) is 46.8 Å². The van der Waals surface area contributed by atoms with Gasteiger partial charge in [0.05, 0.1) is 23.6 Å². The average Bonchev–Trinajstić information content (AvgIpc) is 2.74. The summed E-state index contributed by atoms with van der Waals surface area (Å²) in [5.74, 6) is -1.07. The monoisotopic (exact) mass is 329 g/mol. The summed E-state index contributed by atoms with van der Waals surface area (Å²) in [6.07, 6.45) is 0.517. The van der Waals surface area contributed by atoms with E-state index in [2.05, 4.69) is 16.5 Å². The summed E-state index contributed by atoms with van der Waals surface area (Å²) in [6, 6.07) is 8.23. The number of carboxylic acids is 1. The highest BCUT2D eigenvalue weighted by atomic mass is 16.4. The van der Waals surface area contributed by atoms with E-state index >= 15 is 0 Å². The zero-order chi connectivity index (χ0) is 17.7. The lowest BCUT2D eigenvalue weighted by Gasteiger charge is -2.07. The fourth-order valence-electron chi connectivity index (χ4n) is 2.62. The van der Waals surface area contributed by atoms with Gasteiger partial charge in [-0.3, -0.25) is 14.3 Å². The Morgan fingerprint density at radius 2 is 1.96 bits per heavy atom. The summed E-state index contributed by atoms with van der Waals surface area (Å²) in [4.78, 5) is 22.5. The molecule has 1 amide bonds. The average molecular weight is 329 g/mol. The van der Waals surface area contributed by atoms with E-state index in [0.29, 0.717) is 18.7 Å². The molecule has 0 unspecified atom stereocenters. The van der Waals surface area contributed by atoms with Gasteiger partial charge in [0.15, 0.2) is 0 Å². The zero-order valence-electron chi connectivity index (χ0n) is 14.3. The maximum Gasteiger partial charge on any atom is 0.303 e. The van der Waals surface area contributed by atoms with E-state index in [1.165, 1.54) is 5.56 Å². The highest BCUT2D eigenvalue weighted by Crippen LogP contribution is 2.21. The summed E-state index contributed by atoms with van der Waals surface area (Å²) in [7, 11) is 0. The molecular weight excluding hydrogens is 306 g/mol. The standard InChI is InChI=1S/C18H23N3O3/c1-12-6-4-7-15(10-12)11-21-14(3)18(13(2)20-21)19-16(22)8-5-9-17(23)24/h4,6-7,10H,5,8-9,11H2,1-3H3,(H,19,22)(H,23,24). The first kappa shape index (κ1) is 17.7. The molecule has 24 heavy (non-hydrogen) atoms. The van der Waals surface area contributed by atoms with E-state index in [9.17, 15) is 9.59 Å². The van der Waals surface area contributed by atoms with Crippen molar-refractivity contribution < 1.29 is 14.7 Å². The molecule has 2 N–H and O–H groups in total. The van der Waals surface area contributed by atoms with Crippen molar-refractivity contribution in [3.8, 4) is 0 Å². The molecule has 1 aromatic heterocycles. The maximum atomic E-state index is 12.0. The normalized spacial score (nSPS) is 10.6. The van der Waals surface area contributed by atoms with Gasteiger partial charge in [-0.15, -0.1) is 0 Å². The molecule has 128 valence electrons. The minimum absolute atomic E-state index is 0.00198. The van der Waals surface area contributed by atoms with E-state index in [1.54, 1.807) is 0 Å². The fourth-order valence-corrected chi connectivity index (χ4v) is 2.62. The van der Waals surface area contributed by atoms with Crippen LogP contribution in [-0.4, -0.2) is 26.8 Å². The van der Waals surface area contributed by atoms with Crippen molar-refractivity contribution in [3.63, 3.8) is 0 Å². The van der Waals surface area contributed by atoms with Gasteiger partial charge in [-0.25, -0.2) is 0 Å². The Morgan fingerprint density at radius 1 is 1.21 bits per heavy atom. The first-order valence-corrected chi connectivity index (χ1v) is 7.98. The number of hydrogen-bond donors (Lipinski definition) is 2. The van der Waals surface area contributed by atoms with Crippen LogP contribution in [0.15, 0.2) is 24.3 Å². The second-order valence-corrected chi connectivity index (χ2v) is 5.99. The van der Waals surface area contributed by atoms with Crippen LogP contribution < -0.4 is 5.32 Å². The Balaban J connectivity index is 2.05. The van der Waals surface area contributed by atoms with Crippen molar-refractivity contribution >= 4 is 17.6 Å². The summed E-state index contributed by atoms with van der Waals surface area (Å²) < 4.78 is 1.87. The van der Waals surface area contributed by atoms with Gasteiger partial charge in [0.2, 0.25) is 5.91 Å². The predicted octanol–water partition coefficient (Wildman–Crippen LogP) is 3.05. The SMILES string of the molecule is Cc1cccc(Cn2nc(C)c(NC(=O)CCCC(=O)O)c2C)c1. The van der Waals surface area contributed by atoms with E-state index in [4.69, 9.17) is 5.11 Å². The molecule has 2 rings (SSSR count). The van der Waals surface area contributed by atoms with Crippen molar-refractivity contribution in [1.82, 2.24) is 9.78 Å². The Hall–Kier alpha value is -2.63. The van der Waals surface area contributed by atoms with Crippen LogP contribution in [-0.2, 0) is 16.1 Å². The number of anilines is 1. The van der Waals surface area contributed by atoms with Crippen LogP contribution in [0.4, 0.5) is 5.69 Å². The Kier molecular flexibility index (Phi) is 5.73. The number of carbonyl (C=O) groups excluding carboxylic acids is 1. The van der Waals surface area contributed by atoms with Gasteiger partial charge in [-0.2, -0.15) is 5.10 Å². The second-order valence-electron chi connectivity index (χ2n) is 5.99. The van der Waals surface area contributed by atoms with Gasteiger partial charge >= 0.3 is 5.97 Å². The summed E-state index contributed by atoms with van der Waals surface area (Å²) in [5, 5.41) is 16.0. The first-order chi connectivity index (χ1) is 11.4. The molecule has 0 aliphatic heterocycles. The zero-order valence-corrected chi connectivity index (χ0v) is 14.3. The quantitative estimate of drug-likeness (QED) is 0.817. The second kappa shape index (κ2) is 7.77. The van der Waals surface area contributed by atoms with Gasteiger partial charge < -0.3 is 10.4 Å². The molecule has 0 spiro atoms. The van der Waals surface area contributed by atoms with Crippen molar-refractivity contribution in [2.75, 3.05) is 5.32 Å². The number of rotatable bonds is 7. The summed E-state index contributed by atoms with van der Waals surface area (Å²) >= 11 is 0. The molecule has 0 aliphatic rings. The lowest BCUT2D eigenvalue weighted by atomic mass is 10.1. The number of aryl methyl sites for hydroxylation is 2. The third kappa shape index (κ3) is 4.68. The number of aromatic nitrogens is 2. The first-order valence-electron chi connectivity index (χ1n) is 7.98. The minimum Gasteiger partial charge on any atom is -0.481 e. The molecule has 2 aromatic rings. The number of benzene rings is 1. The number of nitrogens with zero attached hydrogens (tertiary/aromatic N) is 2. The van der Waals surface area contributed by atoms with Crippen LogP contribution in [0.25, 0.3) is 0 Å². The summed E-state index contributed by atoms with van der Waals surface area (Å²) in [6.45, 7) is 6.46. The molecule has 0 saturated heterocycles. The largest absolute Gasteiger partial charge is 0.481 e. The molecule has 1 heterocycles. The predicted molar refractivity (Wildman–Crippen MR) is 92.1 cm³/mol. The van der Waals surface area contributed by atoms with Crippen molar-refractivity contribution in [2.45, 2.75) is 46.6 Å². The van der Waals surface area contributed by atoms with E-state index < -0.39 is 5.97 Å². The summed E-state index contributed by atoms with van der Waals surface area (Å²) in [5.41, 5.74) is 4.70. The van der Waals surface area contributed by atoms with Crippen molar-refractivity contribution in [1.29, 1.82) is 0 Å². The number of carbonyl (C=O) groups is 2. The lowest BCUT2D eigenvalue weighted by molar-refractivity contribution is -0.137. The van der Waals surface area contributed by atoms with Gasteiger partial charge in [-0.05, 0) is 32.8 Å². The smallest absolute Gasteiger partial charge is 0.303 e. The van der Waals surface area contributed by atoms with Crippen molar-refractivity contribution in [2.24, 2.45) is 0 Å². The van der Waals surface area contributed by atoms with Gasteiger partial charge in [0, 0.05) is 12.8 Å². The van der Waals surface area contributed by atoms with Gasteiger partial charge in [0.1, 0.15) is 0 Å². The minimum atomic E-state index is -0.888. The third-order valence-corrected chi connectivity index (χ3v) is 3.86. The van der Waals surface area contributed by atoms with E-state index in [1.807, 2.05) is 43.7 Å². The highest BCUT2D eigenvalue weighted by molar-refractivity contribution is 5.92. The number of hydrogen-bond acceptors (Lipinski definition) is 3. The maximum absolute atomic E-state index is 12.0. The van der Waals surface area contributed by atoms with Crippen LogP contribution in [0.1, 0.15) is 41.8 Å². The molecule has 0 aliphatic carbocycles. The highest BCUT2D eigenvalue weighted by Gasteiger charge is 2.14. The number of carboxylic acid groups (broad SMARTS) is 1. The van der Waals surface area contributed by atoms with Crippen LogP contribution >= 0.6 is 0 Å². The number of aliphatic carboxylic acids is 1. The van der Waals surface area contributed by atoms with Crippen LogP contribution in [0.3, 0.4) is 0 Å². The van der Waals surface area contributed by atoms with E-state index in [0.717, 1.165) is 17.0 Å². The molecule has 0 fully saturated rings. The van der Waals surface area contributed by atoms with Gasteiger partial charge in [0.25, 0.3) is 0 Å². The van der Waals surface area contributed by atoms with Crippen LogP contribution in [0.5, 0.6) is 0 Å². The Bertz CT molecular complexity index is 750. The molecule has 0 radical (unpaired) electrons.